The van der Waals surface area contributed by atoms with Crippen molar-refractivity contribution in [3.8, 4) is 5.75 Å². The van der Waals surface area contributed by atoms with E-state index in [0.717, 1.165) is 0 Å². The minimum absolute atomic E-state index is 0.327. The third kappa shape index (κ3) is 3.97. The number of ether oxygens (including phenoxy) is 1. The fourth-order valence-electron chi connectivity index (χ4n) is 1.59. The van der Waals surface area contributed by atoms with Crippen LogP contribution in [0.25, 0.3) is 0 Å². The minimum Gasteiger partial charge on any atom is -0.497 e. The van der Waals surface area contributed by atoms with Gasteiger partial charge in [-0.25, -0.2) is 5.43 Å². The van der Waals surface area contributed by atoms with Crippen molar-refractivity contribution in [1.29, 1.82) is 0 Å². The van der Waals surface area contributed by atoms with E-state index in [1.54, 1.807) is 49.6 Å². The summed E-state index contributed by atoms with van der Waals surface area (Å²) in [5.41, 5.74) is 3.52. The number of halogens is 2. The Hall–Kier alpha value is -2.04. The standard InChI is InChI=1S/C15H12Cl2N2O2/c1-21-12-7-5-10(6-8-12)15(20)19-18-9-11-3-2-4-13(16)14(11)17/h2-9H,1H3,(H,19,20)/b18-9-. The van der Waals surface area contributed by atoms with E-state index in [1.165, 1.54) is 6.21 Å². The average molecular weight is 323 g/mol. The van der Waals surface area contributed by atoms with E-state index in [1.807, 2.05) is 0 Å². The van der Waals surface area contributed by atoms with E-state index in [-0.39, 0.29) is 5.91 Å². The lowest BCUT2D eigenvalue weighted by Gasteiger charge is -2.02. The third-order valence-corrected chi connectivity index (χ3v) is 3.54. The molecule has 0 spiro atoms. The first-order valence-corrected chi connectivity index (χ1v) is 6.79. The molecule has 0 saturated heterocycles. The SMILES string of the molecule is COc1ccc(C(=O)N/N=C\c2cccc(Cl)c2Cl)cc1. The summed E-state index contributed by atoms with van der Waals surface area (Å²) in [6, 6.07) is 11.9. The number of carbonyl (C=O) groups excluding carboxylic acids is 1. The Labute approximate surface area is 132 Å². The second-order valence-corrected chi connectivity index (χ2v) is 4.86. The monoisotopic (exact) mass is 322 g/mol. The number of nitrogens with zero attached hydrogens (tertiary/aromatic N) is 1. The van der Waals surface area contributed by atoms with Crippen LogP contribution in [0.5, 0.6) is 5.75 Å². The van der Waals surface area contributed by atoms with Crippen molar-refractivity contribution in [1.82, 2.24) is 5.43 Å². The van der Waals surface area contributed by atoms with E-state index in [2.05, 4.69) is 10.5 Å². The van der Waals surface area contributed by atoms with Crippen LogP contribution in [0.2, 0.25) is 10.0 Å². The molecular weight excluding hydrogens is 311 g/mol. The van der Waals surface area contributed by atoms with Crippen molar-refractivity contribution in [2.75, 3.05) is 7.11 Å². The average Bonchev–Trinajstić information content (AvgIpc) is 2.51. The molecule has 0 aliphatic carbocycles. The van der Waals surface area contributed by atoms with Crippen LogP contribution in [0.4, 0.5) is 0 Å². The molecule has 2 rings (SSSR count). The zero-order valence-electron chi connectivity index (χ0n) is 11.1. The van der Waals surface area contributed by atoms with Crippen molar-refractivity contribution in [2.24, 2.45) is 5.10 Å². The van der Waals surface area contributed by atoms with Gasteiger partial charge in [-0.3, -0.25) is 4.79 Å². The lowest BCUT2D eigenvalue weighted by molar-refractivity contribution is 0.0955. The first-order valence-electron chi connectivity index (χ1n) is 6.03. The van der Waals surface area contributed by atoms with Crippen molar-refractivity contribution < 1.29 is 9.53 Å². The van der Waals surface area contributed by atoms with Gasteiger partial charge in [-0.2, -0.15) is 5.10 Å². The maximum absolute atomic E-state index is 11.9. The molecule has 0 aliphatic rings. The highest BCUT2D eigenvalue weighted by molar-refractivity contribution is 6.43. The maximum Gasteiger partial charge on any atom is 0.271 e. The second-order valence-electron chi connectivity index (χ2n) is 4.07. The van der Waals surface area contributed by atoms with E-state index < -0.39 is 0 Å². The lowest BCUT2D eigenvalue weighted by atomic mass is 10.2. The van der Waals surface area contributed by atoms with Gasteiger partial charge in [-0.15, -0.1) is 0 Å². The number of rotatable bonds is 4. The molecule has 0 fully saturated rings. The largest absolute Gasteiger partial charge is 0.497 e. The van der Waals surface area contributed by atoms with Crippen LogP contribution in [0.1, 0.15) is 15.9 Å². The van der Waals surface area contributed by atoms with Gasteiger partial charge < -0.3 is 4.74 Å². The summed E-state index contributed by atoms with van der Waals surface area (Å²) in [6.45, 7) is 0. The summed E-state index contributed by atoms with van der Waals surface area (Å²) >= 11 is 11.9. The van der Waals surface area contributed by atoms with E-state index in [0.29, 0.717) is 26.9 Å². The molecule has 0 heterocycles. The van der Waals surface area contributed by atoms with Gasteiger partial charge in [0.15, 0.2) is 0 Å². The van der Waals surface area contributed by atoms with Gasteiger partial charge in [0.2, 0.25) is 0 Å². The predicted molar refractivity (Wildman–Crippen MR) is 84.5 cm³/mol. The summed E-state index contributed by atoms with van der Waals surface area (Å²) in [7, 11) is 1.56. The van der Waals surface area contributed by atoms with Crippen molar-refractivity contribution in [2.45, 2.75) is 0 Å². The molecule has 0 aromatic heterocycles. The lowest BCUT2D eigenvalue weighted by Crippen LogP contribution is -2.17. The Balaban J connectivity index is 2.03. The Morgan fingerprint density at radius 3 is 2.57 bits per heavy atom. The fraction of sp³-hybridized carbons (Fsp3) is 0.0667. The molecule has 1 N–H and O–H groups in total. The molecule has 2 aromatic carbocycles. The van der Waals surface area contributed by atoms with E-state index in [4.69, 9.17) is 27.9 Å². The molecule has 0 radical (unpaired) electrons. The number of carbonyl (C=O) groups is 1. The minimum atomic E-state index is -0.327. The number of hydrazone groups is 1. The van der Waals surface area contributed by atoms with Crippen LogP contribution in [0.15, 0.2) is 47.6 Å². The number of hydrogen-bond acceptors (Lipinski definition) is 3. The topological polar surface area (TPSA) is 50.7 Å². The van der Waals surface area contributed by atoms with Crippen LogP contribution in [-0.2, 0) is 0 Å². The molecule has 21 heavy (non-hydrogen) atoms. The number of nitrogens with one attached hydrogen (secondary N) is 1. The number of methoxy groups -OCH3 is 1. The number of amides is 1. The van der Waals surface area contributed by atoms with Crippen LogP contribution in [-0.4, -0.2) is 19.2 Å². The smallest absolute Gasteiger partial charge is 0.271 e. The molecule has 0 bridgehead atoms. The van der Waals surface area contributed by atoms with E-state index in [9.17, 15) is 4.79 Å². The fourth-order valence-corrected chi connectivity index (χ4v) is 1.94. The van der Waals surface area contributed by atoms with Gasteiger partial charge in [0.25, 0.3) is 5.91 Å². The number of benzene rings is 2. The van der Waals surface area contributed by atoms with Crippen LogP contribution < -0.4 is 10.2 Å². The molecule has 1 amide bonds. The predicted octanol–water partition coefficient (Wildman–Crippen LogP) is 3.77. The third-order valence-electron chi connectivity index (χ3n) is 2.70. The summed E-state index contributed by atoms with van der Waals surface area (Å²) in [4.78, 5) is 11.9. The van der Waals surface area contributed by atoms with Crippen LogP contribution in [0.3, 0.4) is 0 Å². The Morgan fingerprint density at radius 1 is 1.19 bits per heavy atom. The molecular formula is C15H12Cl2N2O2. The van der Waals surface area contributed by atoms with Gasteiger partial charge in [0.1, 0.15) is 5.75 Å². The highest BCUT2D eigenvalue weighted by atomic mass is 35.5. The molecule has 6 heteroatoms. The zero-order chi connectivity index (χ0) is 15.2. The summed E-state index contributed by atoms with van der Waals surface area (Å²) in [5.74, 6) is 0.354. The zero-order valence-corrected chi connectivity index (χ0v) is 12.7. The quantitative estimate of drug-likeness (QED) is 0.688. The van der Waals surface area contributed by atoms with Crippen molar-refractivity contribution in [3.05, 3.63) is 63.6 Å². The first-order chi connectivity index (χ1) is 10.1. The molecule has 0 atom stereocenters. The van der Waals surface area contributed by atoms with Gasteiger partial charge in [-0.1, -0.05) is 35.3 Å². The van der Waals surface area contributed by atoms with Gasteiger partial charge in [-0.05, 0) is 30.3 Å². The first kappa shape index (κ1) is 15.4. The molecule has 108 valence electrons. The molecule has 2 aromatic rings. The second kappa shape index (κ2) is 7.11. The Morgan fingerprint density at radius 2 is 1.90 bits per heavy atom. The van der Waals surface area contributed by atoms with Gasteiger partial charge in [0.05, 0.1) is 23.4 Å². The van der Waals surface area contributed by atoms with Crippen LogP contribution in [0, 0.1) is 0 Å². The van der Waals surface area contributed by atoms with Crippen LogP contribution >= 0.6 is 23.2 Å². The van der Waals surface area contributed by atoms with E-state index >= 15 is 0 Å². The molecule has 4 nitrogen and oxygen atoms in total. The summed E-state index contributed by atoms with van der Waals surface area (Å²) in [6.07, 6.45) is 1.44. The highest BCUT2D eigenvalue weighted by Gasteiger charge is 2.05. The normalized spacial score (nSPS) is 10.6. The Bertz CT molecular complexity index is 670. The molecule has 0 unspecified atom stereocenters. The highest BCUT2D eigenvalue weighted by Crippen LogP contribution is 2.24. The maximum atomic E-state index is 11.9. The summed E-state index contributed by atoms with van der Waals surface area (Å²) < 4.78 is 5.02. The summed E-state index contributed by atoms with van der Waals surface area (Å²) in [5, 5.41) is 4.69. The van der Waals surface area contributed by atoms with Crippen molar-refractivity contribution in [3.63, 3.8) is 0 Å². The van der Waals surface area contributed by atoms with Gasteiger partial charge >= 0.3 is 0 Å². The number of hydrogen-bond donors (Lipinski definition) is 1. The Kier molecular flexibility index (Phi) is 5.20. The molecule has 0 saturated carbocycles. The van der Waals surface area contributed by atoms with Crippen molar-refractivity contribution >= 4 is 35.3 Å². The molecule has 0 aliphatic heterocycles. The van der Waals surface area contributed by atoms with Gasteiger partial charge in [0, 0.05) is 11.1 Å².